The Morgan fingerprint density at radius 2 is 2.32 bits per heavy atom. The Hall–Kier alpha value is -1.00. The normalized spacial score (nSPS) is 26.7. The lowest BCUT2D eigenvalue weighted by Gasteiger charge is -2.33. The zero-order valence-corrected chi connectivity index (χ0v) is 11.8. The molecule has 106 valence electrons. The lowest BCUT2D eigenvalue weighted by molar-refractivity contribution is 0.141. The maximum absolute atomic E-state index is 5.81. The van der Waals surface area contributed by atoms with Crippen LogP contribution in [-0.2, 0) is 4.74 Å². The number of dihydropyridines is 1. The monoisotopic (exact) mass is 263 g/mol. The Kier molecular flexibility index (Phi) is 4.09. The topological polar surface area (TPSA) is 36.5 Å². The lowest BCUT2D eigenvalue weighted by Crippen LogP contribution is -2.47. The summed E-state index contributed by atoms with van der Waals surface area (Å²) in [6, 6.07) is 0. The summed E-state index contributed by atoms with van der Waals surface area (Å²) in [5.41, 5.74) is 1.25. The highest BCUT2D eigenvalue weighted by atomic mass is 16.5. The van der Waals surface area contributed by atoms with Crippen molar-refractivity contribution in [1.29, 1.82) is 0 Å². The summed E-state index contributed by atoms with van der Waals surface area (Å²) in [6.07, 6.45) is 8.83. The number of hydrogen-bond donors (Lipinski definition) is 2. The SMILES string of the molecule is CCCN(CC1CC1)C1C=CC2=C(N1)OCCNC2. The third-order valence-electron chi connectivity index (χ3n) is 3.98. The predicted molar refractivity (Wildman–Crippen MR) is 76.5 cm³/mol. The van der Waals surface area contributed by atoms with Crippen LogP contribution in [0.5, 0.6) is 0 Å². The minimum Gasteiger partial charge on any atom is -0.478 e. The number of hydrogen-bond acceptors (Lipinski definition) is 4. The molecule has 2 N–H and O–H groups in total. The van der Waals surface area contributed by atoms with Crippen molar-refractivity contribution in [2.24, 2.45) is 5.92 Å². The van der Waals surface area contributed by atoms with Crippen LogP contribution in [0, 0.1) is 5.92 Å². The van der Waals surface area contributed by atoms with E-state index in [1.54, 1.807) is 0 Å². The summed E-state index contributed by atoms with van der Waals surface area (Å²) in [4.78, 5) is 2.56. The molecule has 4 heteroatoms. The van der Waals surface area contributed by atoms with Crippen LogP contribution >= 0.6 is 0 Å². The zero-order chi connectivity index (χ0) is 13.1. The van der Waals surface area contributed by atoms with E-state index in [0.717, 1.165) is 38.0 Å². The summed E-state index contributed by atoms with van der Waals surface area (Å²) in [7, 11) is 0. The van der Waals surface area contributed by atoms with E-state index in [1.165, 1.54) is 31.4 Å². The molecule has 3 rings (SSSR count). The predicted octanol–water partition coefficient (Wildman–Crippen LogP) is 1.43. The Morgan fingerprint density at radius 1 is 1.42 bits per heavy atom. The van der Waals surface area contributed by atoms with Gasteiger partial charge in [0.1, 0.15) is 12.8 Å². The van der Waals surface area contributed by atoms with Crippen molar-refractivity contribution in [3.63, 3.8) is 0 Å². The largest absolute Gasteiger partial charge is 0.478 e. The molecule has 1 saturated carbocycles. The first kappa shape index (κ1) is 13.0. The van der Waals surface area contributed by atoms with E-state index in [4.69, 9.17) is 4.74 Å². The summed E-state index contributed by atoms with van der Waals surface area (Å²) < 4.78 is 5.81. The maximum Gasteiger partial charge on any atom is 0.192 e. The fourth-order valence-electron chi connectivity index (χ4n) is 2.76. The highest BCUT2D eigenvalue weighted by Gasteiger charge is 2.29. The summed E-state index contributed by atoms with van der Waals surface area (Å²) in [5.74, 6) is 1.91. The molecule has 0 spiro atoms. The molecule has 0 amide bonds. The minimum absolute atomic E-state index is 0.303. The molecular weight excluding hydrogens is 238 g/mol. The second-order valence-electron chi connectivity index (χ2n) is 5.77. The fraction of sp³-hybridized carbons (Fsp3) is 0.733. The van der Waals surface area contributed by atoms with Crippen LogP contribution in [0.4, 0.5) is 0 Å². The molecule has 0 bridgehead atoms. The molecule has 2 aliphatic heterocycles. The molecule has 3 aliphatic rings. The molecule has 1 aliphatic carbocycles. The van der Waals surface area contributed by atoms with Crippen molar-refractivity contribution in [3.8, 4) is 0 Å². The van der Waals surface area contributed by atoms with Crippen LogP contribution in [0.3, 0.4) is 0 Å². The fourth-order valence-corrected chi connectivity index (χ4v) is 2.76. The molecule has 0 saturated heterocycles. The number of ether oxygens (including phenoxy) is 1. The molecular formula is C15H25N3O. The van der Waals surface area contributed by atoms with Gasteiger partial charge in [0, 0.05) is 31.8 Å². The molecule has 2 heterocycles. The Bertz CT molecular complexity index is 374. The highest BCUT2D eigenvalue weighted by Crippen LogP contribution is 2.30. The first-order valence-corrected chi connectivity index (χ1v) is 7.62. The average molecular weight is 263 g/mol. The second-order valence-corrected chi connectivity index (χ2v) is 5.77. The van der Waals surface area contributed by atoms with Crippen LogP contribution in [0.2, 0.25) is 0 Å². The van der Waals surface area contributed by atoms with E-state index in [-0.39, 0.29) is 0 Å². The Labute approximate surface area is 115 Å². The first-order chi connectivity index (χ1) is 9.36. The van der Waals surface area contributed by atoms with Crippen molar-refractivity contribution >= 4 is 0 Å². The molecule has 0 aromatic heterocycles. The van der Waals surface area contributed by atoms with Gasteiger partial charge in [0.2, 0.25) is 0 Å². The average Bonchev–Trinajstić information content (AvgIpc) is 3.23. The van der Waals surface area contributed by atoms with Gasteiger partial charge in [0.05, 0.1) is 0 Å². The van der Waals surface area contributed by atoms with Gasteiger partial charge in [-0.1, -0.05) is 13.0 Å². The van der Waals surface area contributed by atoms with Crippen LogP contribution in [0.1, 0.15) is 26.2 Å². The third-order valence-corrected chi connectivity index (χ3v) is 3.98. The van der Waals surface area contributed by atoms with Gasteiger partial charge in [0.25, 0.3) is 0 Å². The molecule has 1 fully saturated rings. The van der Waals surface area contributed by atoms with E-state index < -0.39 is 0 Å². The molecule has 1 unspecified atom stereocenters. The van der Waals surface area contributed by atoms with Gasteiger partial charge >= 0.3 is 0 Å². The van der Waals surface area contributed by atoms with Gasteiger partial charge in [-0.25, -0.2) is 0 Å². The molecule has 0 aromatic carbocycles. The van der Waals surface area contributed by atoms with Gasteiger partial charge in [-0.15, -0.1) is 0 Å². The van der Waals surface area contributed by atoms with Gasteiger partial charge in [-0.3, -0.25) is 4.90 Å². The standard InChI is InChI=1S/C15H25N3O/c1-2-8-18(11-12-3-4-12)14-6-5-13-10-16-7-9-19-15(13)17-14/h5-6,12,14,16-17H,2-4,7-11H2,1H3. The van der Waals surface area contributed by atoms with Crippen molar-refractivity contribution in [2.75, 3.05) is 32.8 Å². The van der Waals surface area contributed by atoms with Crippen LogP contribution in [-0.4, -0.2) is 43.9 Å². The van der Waals surface area contributed by atoms with E-state index in [1.807, 2.05) is 0 Å². The van der Waals surface area contributed by atoms with Crippen LogP contribution < -0.4 is 10.6 Å². The molecule has 4 nitrogen and oxygen atoms in total. The molecule has 0 aromatic rings. The minimum atomic E-state index is 0.303. The van der Waals surface area contributed by atoms with E-state index in [9.17, 15) is 0 Å². The van der Waals surface area contributed by atoms with Crippen LogP contribution in [0.15, 0.2) is 23.6 Å². The van der Waals surface area contributed by atoms with Gasteiger partial charge in [0.15, 0.2) is 5.88 Å². The zero-order valence-electron chi connectivity index (χ0n) is 11.8. The van der Waals surface area contributed by atoms with Crippen molar-refractivity contribution < 1.29 is 4.74 Å². The Morgan fingerprint density at radius 3 is 3.11 bits per heavy atom. The van der Waals surface area contributed by atoms with E-state index in [0.29, 0.717) is 6.17 Å². The van der Waals surface area contributed by atoms with Gasteiger partial charge < -0.3 is 15.4 Å². The van der Waals surface area contributed by atoms with E-state index >= 15 is 0 Å². The van der Waals surface area contributed by atoms with Crippen molar-refractivity contribution in [3.05, 3.63) is 23.6 Å². The van der Waals surface area contributed by atoms with Crippen LogP contribution in [0.25, 0.3) is 0 Å². The van der Waals surface area contributed by atoms with E-state index in [2.05, 4.69) is 34.6 Å². The molecule has 19 heavy (non-hydrogen) atoms. The summed E-state index contributed by atoms with van der Waals surface area (Å²) >= 11 is 0. The maximum atomic E-state index is 5.81. The quantitative estimate of drug-likeness (QED) is 0.787. The smallest absolute Gasteiger partial charge is 0.192 e. The van der Waals surface area contributed by atoms with Gasteiger partial charge in [-0.05, 0) is 31.3 Å². The summed E-state index contributed by atoms with van der Waals surface area (Å²) in [5, 5.41) is 6.94. The lowest BCUT2D eigenvalue weighted by atomic mass is 10.1. The number of nitrogens with zero attached hydrogens (tertiary/aromatic N) is 1. The van der Waals surface area contributed by atoms with Gasteiger partial charge in [-0.2, -0.15) is 0 Å². The second kappa shape index (κ2) is 5.97. The summed E-state index contributed by atoms with van der Waals surface area (Å²) in [6.45, 7) is 7.21. The first-order valence-electron chi connectivity index (χ1n) is 7.62. The van der Waals surface area contributed by atoms with Crippen molar-refractivity contribution in [2.45, 2.75) is 32.4 Å². The highest BCUT2D eigenvalue weighted by molar-refractivity contribution is 5.29. The third kappa shape index (κ3) is 3.31. The molecule has 1 atom stereocenters. The molecule has 0 radical (unpaired) electrons. The number of rotatable bonds is 5. The number of nitrogens with one attached hydrogen (secondary N) is 2. The van der Waals surface area contributed by atoms with Crippen molar-refractivity contribution in [1.82, 2.24) is 15.5 Å². The Balaban J connectivity index is 1.65.